The van der Waals surface area contributed by atoms with Crippen LogP contribution in [0, 0.1) is 13.8 Å². The normalized spacial score (nSPS) is 11.6. The van der Waals surface area contributed by atoms with Gasteiger partial charge in [0.1, 0.15) is 11.8 Å². The fraction of sp³-hybridized carbons (Fsp3) is 0.440. The van der Waals surface area contributed by atoms with E-state index >= 15 is 0 Å². The van der Waals surface area contributed by atoms with Gasteiger partial charge in [0.2, 0.25) is 5.91 Å². The molecule has 0 spiro atoms. The Balaban J connectivity index is 2.05. The summed E-state index contributed by atoms with van der Waals surface area (Å²) in [6.07, 6.45) is 2.62. The first kappa shape index (κ1) is 23.5. The van der Waals surface area contributed by atoms with Crippen LogP contribution in [0.3, 0.4) is 0 Å². The second-order valence-corrected chi connectivity index (χ2v) is 7.70. The van der Waals surface area contributed by atoms with E-state index < -0.39 is 6.04 Å². The Morgan fingerprint density at radius 1 is 1.10 bits per heavy atom. The number of unbranched alkanes of at least 4 members (excludes halogenated alkanes) is 1. The van der Waals surface area contributed by atoms with Crippen LogP contribution in [0.5, 0.6) is 5.75 Å². The van der Waals surface area contributed by atoms with Gasteiger partial charge in [0.25, 0.3) is 5.91 Å². The molecular weight excluding hydrogens is 376 g/mol. The molecule has 1 N–H and O–H groups in total. The fourth-order valence-electron chi connectivity index (χ4n) is 3.29. The number of hydrogen-bond donors (Lipinski definition) is 1. The van der Waals surface area contributed by atoms with E-state index in [2.05, 4.69) is 12.2 Å². The molecule has 0 radical (unpaired) electrons. The smallest absolute Gasteiger partial charge is 0.261 e. The SMILES string of the molecule is CCCCNC(=O)[C@@H](C)N(CCc1ccccc1)C(=O)COc1ccc(C)cc1C. The van der Waals surface area contributed by atoms with Crippen LogP contribution in [-0.2, 0) is 16.0 Å². The molecule has 30 heavy (non-hydrogen) atoms. The lowest BCUT2D eigenvalue weighted by molar-refractivity contribution is -0.141. The largest absolute Gasteiger partial charge is 0.483 e. The van der Waals surface area contributed by atoms with Gasteiger partial charge in [0.15, 0.2) is 6.61 Å². The van der Waals surface area contributed by atoms with E-state index in [4.69, 9.17) is 4.74 Å². The van der Waals surface area contributed by atoms with E-state index in [1.54, 1.807) is 11.8 Å². The molecule has 0 heterocycles. The van der Waals surface area contributed by atoms with E-state index in [9.17, 15) is 9.59 Å². The molecule has 2 rings (SSSR count). The van der Waals surface area contributed by atoms with Gasteiger partial charge in [-0.15, -0.1) is 0 Å². The minimum atomic E-state index is -0.555. The average Bonchev–Trinajstić information content (AvgIpc) is 2.74. The van der Waals surface area contributed by atoms with Crippen LogP contribution in [-0.4, -0.2) is 42.5 Å². The Bertz CT molecular complexity index is 820. The molecule has 0 fully saturated rings. The van der Waals surface area contributed by atoms with Crippen LogP contribution < -0.4 is 10.1 Å². The highest BCUT2D eigenvalue weighted by Crippen LogP contribution is 2.19. The Labute approximate surface area is 180 Å². The van der Waals surface area contributed by atoms with Crippen molar-refractivity contribution in [3.8, 4) is 5.75 Å². The second-order valence-electron chi connectivity index (χ2n) is 7.70. The minimum Gasteiger partial charge on any atom is -0.483 e. The number of hydrogen-bond acceptors (Lipinski definition) is 3. The maximum absolute atomic E-state index is 13.0. The number of nitrogens with zero attached hydrogens (tertiary/aromatic N) is 1. The lowest BCUT2D eigenvalue weighted by atomic mass is 10.1. The van der Waals surface area contributed by atoms with Crippen molar-refractivity contribution < 1.29 is 14.3 Å². The molecule has 0 unspecified atom stereocenters. The average molecular weight is 411 g/mol. The summed E-state index contributed by atoms with van der Waals surface area (Å²) < 4.78 is 5.79. The number of aryl methyl sites for hydroxylation is 2. The Morgan fingerprint density at radius 3 is 2.50 bits per heavy atom. The van der Waals surface area contributed by atoms with Crippen molar-refractivity contribution in [2.24, 2.45) is 0 Å². The molecule has 0 bridgehead atoms. The van der Waals surface area contributed by atoms with Crippen LogP contribution in [0.2, 0.25) is 0 Å². The quantitative estimate of drug-likeness (QED) is 0.569. The third kappa shape index (κ3) is 7.21. The first-order valence-corrected chi connectivity index (χ1v) is 10.7. The predicted molar refractivity (Wildman–Crippen MR) is 121 cm³/mol. The van der Waals surface area contributed by atoms with Gasteiger partial charge in [-0.25, -0.2) is 0 Å². The van der Waals surface area contributed by atoms with E-state index in [-0.39, 0.29) is 18.4 Å². The number of benzene rings is 2. The highest BCUT2D eigenvalue weighted by Gasteiger charge is 2.26. The molecule has 0 aliphatic rings. The summed E-state index contributed by atoms with van der Waals surface area (Å²) in [7, 11) is 0. The van der Waals surface area contributed by atoms with Gasteiger partial charge < -0.3 is 15.0 Å². The Hall–Kier alpha value is -2.82. The summed E-state index contributed by atoms with van der Waals surface area (Å²) in [5, 5.41) is 2.93. The first-order valence-electron chi connectivity index (χ1n) is 10.7. The molecule has 0 aliphatic carbocycles. The van der Waals surface area contributed by atoms with E-state index in [1.807, 2.05) is 62.4 Å². The first-order chi connectivity index (χ1) is 14.4. The van der Waals surface area contributed by atoms with Gasteiger partial charge in [-0.1, -0.05) is 61.4 Å². The molecule has 2 aromatic rings. The van der Waals surface area contributed by atoms with Crippen molar-refractivity contribution in [1.29, 1.82) is 0 Å². The molecule has 0 saturated carbocycles. The molecule has 1 atom stereocenters. The molecule has 2 aromatic carbocycles. The van der Waals surface area contributed by atoms with Crippen LogP contribution >= 0.6 is 0 Å². The zero-order valence-corrected chi connectivity index (χ0v) is 18.6. The number of amides is 2. The van der Waals surface area contributed by atoms with Crippen molar-refractivity contribution in [3.05, 3.63) is 65.2 Å². The summed E-state index contributed by atoms with van der Waals surface area (Å²) in [6.45, 7) is 8.83. The van der Waals surface area contributed by atoms with Crippen molar-refractivity contribution in [2.45, 2.75) is 53.0 Å². The summed E-state index contributed by atoms with van der Waals surface area (Å²) >= 11 is 0. The molecule has 2 amide bonds. The fourth-order valence-corrected chi connectivity index (χ4v) is 3.29. The third-order valence-electron chi connectivity index (χ3n) is 5.16. The molecule has 0 saturated heterocycles. The number of rotatable bonds is 11. The number of carbonyl (C=O) groups excluding carboxylic acids is 2. The van der Waals surface area contributed by atoms with Gasteiger partial charge in [-0.3, -0.25) is 9.59 Å². The van der Waals surface area contributed by atoms with Gasteiger partial charge in [-0.05, 0) is 50.8 Å². The lowest BCUT2D eigenvalue weighted by Gasteiger charge is -2.29. The molecule has 162 valence electrons. The van der Waals surface area contributed by atoms with Crippen molar-refractivity contribution in [3.63, 3.8) is 0 Å². The van der Waals surface area contributed by atoms with Crippen LogP contribution in [0.15, 0.2) is 48.5 Å². The van der Waals surface area contributed by atoms with Crippen molar-refractivity contribution >= 4 is 11.8 Å². The standard InChI is InChI=1S/C25H34N2O3/c1-5-6-15-26-25(29)21(4)27(16-14-22-10-8-7-9-11-22)24(28)18-30-23-13-12-19(2)17-20(23)3/h7-13,17,21H,5-6,14-16,18H2,1-4H3,(H,26,29)/t21-/m1/s1. The van der Waals surface area contributed by atoms with Gasteiger partial charge in [0.05, 0.1) is 0 Å². The molecular formula is C25H34N2O3. The second kappa shape index (κ2) is 12.0. The Kier molecular flexibility index (Phi) is 9.39. The summed E-state index contributed by atoms with van der Waals surface area (Å²) in [5.41, 5.74) is 3.27. The van der Waals surface area contributed by atoms with Crippen molar-refractivity contribution in [1.82, 2.24) is 10.2 Å². The molecule has 0 aliphatic heterocycles. The molecule has 0 aromatic heterocycles. The monoisotopic (exact) mass is 410 g/mol. The summed E-state index contributed by atoms with van der Waals surface area (Å²) in [5.74, 6) is 0.373. The van der Waals surface area contributed by atoms with Gasteiger partial charge >= 0.3 is 0 Å². The maximum atomic E-state index is 13.0. The molecule has 5 heteroatoms. The van der Waals surface area contributed by atoms with Gasteiger partial charge in [-0.2, -0.15) is 0 Å². The number of nitrogens with one attached hydrogen (secondary N) is 1. The lowest BCUT2D eigenvalue weighted by Crippen LogP contribution is -2.50. The highest BCUT2D eigenvalue weighted by atomic mass is 16.5. The van der Waals surface area contributed by atoms with E-state index in [0.29, 0.717) is 25.3 Å². The zero-order chi connectivity index (χ0) is 21.9. The van der Waals surface area contributed by atoms with Gasteiger partial charge in [0, 0.05) is 13.1 Å². The summed E-state index contributed by atoms with van der Waals surface area (Å²) in [6, 6.07) is 15.3. The maximum Gasteiger partial charge on any atom is 0.261 e. The van der Waals surface area contributed by atoms with Crippen molar-refractivity contribution in [2.75, 3.05) is 19.7 Å². The van der Waals surface area contributed by atoms with Crippen LogP contribution in [0.4, 0.5) is 0 Å². The topological polar surface area (TPSA) is 58.6 Å². The summed E-state index contributed by atoms with van der Waals surface area (Å²) in [4.78, 5) is 27.2. The number of ether oxygens (including phenoxy) is 1. The third-order valence-corrected chi connectivity index (χ3v) is 5.16. The minimum absolute atomic E-state index is 0.0920. The Morgan fingerprint density at radius 2 is 1.83 bits per heavy atom. The van der Waals surface area contributed by atoms with Crippen LogP contribution in [0.1, 0.15) is 43.4 Å². The van der Waals surface area contributed by atoms with Crippen LogP contribution in [0.25, 0.3) is 0 Å². The van der Waals surface area contributed by atoms with E-state index in [1.165, 1.54) is 0 Å². The number of carbonyl (C=O) groups is 2. The zero-order valence-electron chi connectivity index (χ0n) is 18.6. The van der Waals surface area contributed by atoms with E-state index in [0.717, 1.165) is 29.5 Å². The highest BCUT2D eigenvalue weighted by molar-refractivity contribution is 5.88. The predicted octanol–water partition coefficient (Wildman–Crippen LogP) is 4.06. The molecule has 5 nitrogen and oxygen atoms in total.